The van der Waals surface area contributed by atoms with Crippen LogP contribution in [-0.2, 0) is 4.79 Å². The minimum absolute atomic E-state index is 0.114. The van der Waals surface area contributed by atoms with Crippen molar-refractivity contribution in [2.75, 3.05) is 11.1 Å². The number of rotatable bonds is 6. The lowest BCUT2D eigenvalue weighted by Gasteiger charge is -2.09. The Hall–Kier alpha value is -3.83. The average molecular weight is 401 g/mol. The van der Waals surface area contributed by atoms with E-state index >= 15 is 0 Å². The molecule has 1 amide bonds. The number of aromatic nitrogens is 3. The first kappa shape index (κ1) is 18.5. The number of furan rings is 1. The van der Waals surface area contributed by atoms with Crippen LogP contribution < -0.4 is 5.32 Å². The first-order valence-electron chi connectivity index (χ1n) is 8.73. The number of benzene rings is 2. The minimum Gasteiger partial charge on any atom is -0.461 e. The van der Waals surface area contributed by atoms with Crippen molar-refractivity contribution in [3.63, 3.8) is 0 Å². The van der Waals surface area contributed by atoms with Gasteiger partial charge in [-0.05, 0) is 36.4 Å². The van der Waals surface area contributed by atoms with Crippen LogP contribution in [0.15, 0.2) is 82.6 Å². The highest BCUT2D eigenvalue weighted by molar-refractivity contribution is 7.99. The molecule has 2 aromatic carbocycles. The van der Waals surface area contributed by atoms with Gasteiger partial charge in [-0.2, -0.15) is 5.26 Å². The van der Waals surface area contributed by atoms with E-state index in [0.717, 1.165) is 5.69 Å². The third-order valence-corrected chi connectivity index (χ3v) is 4.97. The predicted molar refractivity (Wildman–Crippen MR) is 110 cm³/mol. The molecule has 29 heavy (non-hydrogen) atoms. The van der Waals surface area contributed by atoms with Crippen LogP contribution in [-0.4, -0.2) is 26.4 Å². The summed E-state index contributed by atoms with van der Waals surface area (Å²) in [5.74, 6) is 1.02. The van der Waals surface area contributed by atoms with Gasteiger partial charge in [0.05, 0.1) is 23.3 Å². The number of nitriles is 1. The number of anilines is 1. The molecule has 0 unspecified atom stereocenters. The molecule has 0 bridgehead atoms. The van der Waals surface area contributed by atoms with Gasteiger partial charge < -0.3 is 9.73 Å². The zero-order valence-electron chi connectivity index (χ0n) is 15.1. The molecule has 4 aromatic rings. The molecular formula is C21H15N5O2S. The first-order chi connectivity index (χ1) is 14.3. The van der Waals surface area contributed by atoms with Crippen molar-refractivity contribution in [3.8, 4) is 23.3 Å². The summed E-state index contributed by atoms with van der Waals surface area (Å²) in [4.78, 5) is 12.4. The van der Waals surface area contributed by atoms with Crippen molar-refractivity contribution in [2.45, 2.75) is 5.16 Å². The summed E-state index contributed by atoms with van der Waals surface area (Å²) in [7, 11) is 0. The van der Waals surface area contributed by atoms with E-state index in [1.165, 1.54) is 11.8 Å². The van der Waals surface area contributed by atoms with Gasteiger partial charge in [0.2, 0.25) is 11.7 Å². The lowest BCUT2D eigenvalue weighted by molar-refractivity contribution is -0.113. The number of nitrogens with zero attached hydrogens (tertiary/aromatic N) is 4. The van der Waals surface area contributed by atoms with Gasteiger partial charge in [-0.15, -0.1) is 10.2 Å². The van der Waals surface area contributed by atoms with Gasteiger partial charge in [-0.1, -0.05) is 42.1 Å². The molecule has 0 fully saturated rings. The molecule has 0 aliphatic carbocycles. The second kappa shape index (κ2) is 8.46. The maximum absolute atomic E-state index is 12.4. The molecule has 0 radical (unpaired) electrons. The topological polar surface area (TPSA) is 96.7 Å². The summed E-state index contributed by atoms with van der Waals surface area (Å²) in [5, 5.41) is 21.0. The summed E-state index contributed by atoms with van der Waals surface area (Å²) in [6.07, 6.45) is 1.58. The van der Waals surface area contributed by atoms with E-state index in [0.29, 0.717) is 28.0 Å². The molecule has 1 N–H and O–H groups in total. The molecule has 2 aromatic heterocycles. The maximum atomic E-state index is 12.4. The summed E-state index contributed by atoms with van der Waals surface area (Å²) < 4.78 is 7.33. The van der Waals surface area contributed by atoms with E-state index in [-0.39, 0.29) is 11.7 Å². The van der Waals surface area contributed by atoms with Crippen LogP contribution in [0, 0.1) is 11.3 Å². The summed E-state index contributed by atoms with van der Waals surface area (Å²) in [6.45, 7) is 0. The highest BCUT2D eigenvalue weighted by Gasteiger charge is 2.19. The van der Waals surface area contributed by atoms with Crippen molar-refractivity contribution in [2.24, 2.45) is 0 Å². The Morgan fingerprint density at radius 1 is 1.07 bits per heavy atom. The molecule has 142 valence electrons. The number of carbonyl (C=O) groups is 1. The monoisotopic (exact) mass is 401 g/mol. The summed E-state index contributed by atoms with van der Waals surface area (Å²) in [6, 6.07) is 22.2. The smallest absolute Gasteiger partial charge is 0.234 e. The Morgan fingerprint density at radius 2 is 1.86 bits per heavy atom. The fourth-order valence-corrected chi connectivity index (χ4v) is 3.50. The maximum Gasteiger partial charge on any atom is 0.234 e. The van der Waals surface area contributed by atoms with Crippen LogP contribution in [0.3, 0.4) is 0 Å². The number of hydrogen-bond donors (Lipinski definition) is 1. The molecule has 0 spiro atoms. The van der Waals surface area contributed by atoms with Gasteiger partial charge in [0.15, 0.2) is 10.9 Å². The SMILES string of the molecule is N#Cc1ccccc1NC(=O)CSc1nnc(-c2ccco2)n1-c1ccccc1. The molecule has 2 heterocycles. The predicted octanol–water partition coefficient (Wildman–Crippen LogP) is 4.13. The van der Waals surface area contributed by atoms with E-state index < -0.39 is 0 Å². The van der Waals surface area contributed by atoms with E-state index in [1.54, 1.807) is 36.6 Å². The average Bonchev–Trinajstić information content (AvgIpc) is 3.43. The van der Waals surface area contributed by atoms with Gasteiger partial charge in [0, 0.05) is 5.69 Å². The highest BCUT2D eigenvalue weighted by atomic mass is 32.2. The zero-order valence-corrected chi connectivity index (χ0v) is 16.0. The van der Waals surface area contributed by atoms with Gasteiger partial charge in [-0.3, -0.25) is 9.36 Å². The number of thioether (sulfide) groups is 1. The van der Waals surface area contributed by atoms with Crippen LogP contribution in [0.2, 0.25) is 0 Å². The van der Waals surface area contributed by atoms with E-state index in [4.69, 9.17) is 9.68 Å². The fraction of sp³-hybridized carbons (Fsp3) is 0.0476. The van der Waals surface area contributed by atoms with Crippen molar-refractivity contribution in [3.05, 3.63) is 78.6 Å². The number of hydrogen-bond acceptors (Lipinski definition) is 6. The Morgan fingerprint density at radius 3 is 2.62 bits per heavy atom. The van der Waals surface area contributed by atoms with Crippen molar-refractivity contribution >= 4 is 23.4 Å². The molecule has 8 heteroatoms. The van der Waals surface area contributed by atoms with E-state index in [9.17, 15) is 4.79 Å². The van der Waals surface area contributed by atoms with Gasteiger partial charge in [0.1, 0.15) is 6.07 Å². The Bertz CT molecular complexity index is 1160. The molecule has 0 saturated heterocycles. The van der Waals surface area contributed by atoms with Gasteiger partial charge in [0.25, 0.3) is 0 Å². The van der Waals surface area contributed by atoms with Crippen LogP contribution in [0.1, 0.15) is 5.56 Å². The third kappa shape index (κ3) is 4.05. The second-order valence-corrected chi connectivity index (χ2v) is 6.89. The largest absolute Gasteiger partial charge is 0.461 e. The van der Waals surface area contributed by atoms with Crippen LogP contribution >= 0.6 is 11.8 Å². The number of nitrogens with one attached hydrogen (secondary N) is 1. The number of amides is 1. The van der Waals surface area contributed by atoms with Crippen molar-refractivity contribution in [1.29, 1.82) is 5.26 Å². The molecule has 0 aliphatic rings. The second-order valence-electron chi connectivity index (χ2n) is 5.95. The van der Waals surface area contributed by atoms with Crippen molar-refractivity contribution in [1.82, 2.24) is 14.8 Å². The minimum atomic E-state index is -0.236. The fourth-order valence-electron chi connectivity index (χ4n) is 2.74. The van der Waals surface area contributed by atoms with Crippen LogP contribution in [0.4, 0.5) is 5.69 Å². The Labute approximate surface area is 171 Å². The third-order valence-electron chi connectivity index (χ3n) is 4.04. The standard InChI is InChI=1S/C21H15N5O2S/c22-13-15-7-4-5-10-17(15)23-19(27)14-29-21-25-24-20(18-11-6-12-28-18)26(21)16-8-2-1-3-9-16/h1-12H,14H2,(H,23,27). The molecular weight excluding hydrogens is 386 g/mol. The summed E-state index contributed by atoms with van der Waals surface area (Å²) in [5.41, 5.74) is 1.77. The Kier molecular flexibility index (Phi) is 5.40. The van der Waals surface area contributed by atoms with E-state index in [2.05, 4.69) is 21.6 Å². The number of carbonyl (C=O) groups excluding carboxylic acids is 1. The Balaban J connectivity index is 1.56. The number of para-hydroxylation sites is 2. The molecule has 0 saturated carbocycles. The van der Waals surface area contributed by atoms with Crippen LogP contribution in [0.5, 0.6) is 0 Å². The van der Waals surface area contributed by atoms with E-state index in [1.807, 2.05) is 41.0 Å². The lowest BCUT2D eigenvalue weighted by atomic mass is 10.2. The highest BCUT2D eigenvalue weighted by Crippen LogP contribution is 2.28. The molecule has 0 aliphatic heterocycles. The zero-order chi connectivity index (χ0) is 20.1. The summed E-state index contributed by atoms with van der Waals surface area (Å²) >= 11 is 1.25. The molecule has 4 rings (SSSR count). The quantitative estimate of drug-likeness (QED) is 0.488. The van der Waals surface area contributed by atoms with Crippen molar-refractivity contribution < 1.29 is 9.21 Å². The molecule has 7 nitrogen and oxygen atoms in total. The van der Waals surface area contributed by atoms with Crippen LogP contribution in [0.25, 0.3) is 17.3 Å². The molecule has 0 atom stereocenters. The lowest BCUT2D eigenvalue weighted by Crippen LogP contribution is -2.15. The normalized spacial score (nSPS) is 10.4. The first-order valence-corrected chi connectivity index (χ1v) is 9.71. The van der Waals surface area contributed by atoms with Gasteiger partial charge >= 0.3 is 0 Å². The van der Waals surface area contributed by atoms with Gasteiger partial charge in [-0.25, -0.2) is 0 Å².